The topological polar surface area (TPSA) is 92.9 Å². The van der Waals surface area contributed by atoms with Crippen molar-refractivity contribution in [3.63, 3.8) is 0 Å². The molecule has 1 aromatic carbocycles. The molecule has 0 aliphatic heterocycles. The normalized spacial score (nSPS) is 13.7. The number of nitrogens with zero attached hydrogens (tertiary/aromatic N) is 4. The van der Waals surface area contributed by atoms with E-state index < -0.39 is 5.60 Å². The van der Waals surface area contributed by atoms with Gasteiger partial charge in [0.1, 0.15) is 6.33 Å². The number of benzene rings is 1. The first-order chi connectivity index (χ1) is 10.0. The summed E-state index contributed by atoms with van der Waals surface area (Å²) < 4.78 is 1.51. The van der Waals surface area contributed by atoms with E-state index in [9.17, 15) is 9.90 Å². The monoisotopic (exact) mass is 289 g/mol. The largest absolute Gasteiger partial charge is 0.388 e. The van der Waals surface area contributed by atoms with Gasteiger partial charge < -0.3 is 10.4 Å². The molecule has 0 spiro atoms. The summed E-state index contributed by atoms with van der Waals surface area (Å²) in [6.07, 6.45) is 2.99. The zero-order valence-corrected chi connectivity index (χ0v) is 12.2. The van der Waals surface area contributed by atoms with Crippen LogP contribution in [0, 0.1) is 0 Å². The van der Waals surface area contributed by atoms with Crippen LogP contribution in [-0.4, -0.2) is 43.4 Å². The van der Waals surface area contributed by atoms with Crippen LogP contribution in [0.4, 0.5) is 0 Å². The number of tetrazole rings is 1. The molecule has 1 unspecified atom stereocenters. The van der Waals surface area contributed by atoms with Gasteiger partial charge in [-0.05, 0) is 48.0 Å². The third-order valence-corrected chi connectivity index (χ3v) is 3.16. The number of nitrogens with one attached hydrogen (secondary N) is 1. The lowest BCUT2D eigenvalue weighted by atomic mass is 10.0. The summed E-state index contributed by atoms with van der Waals surface area (Å²) in [6, 6.07) is 6.91. The van der Waals surface area contributed by atoms with E-state index in [0.717, 1.165) is 12.1 Å². The smallest absolute Gasteiger partial charge is 0.251 e. The highest BCUT2D eigenvalue weighted by molar-refractivity contribution is 5.94. The van der Waals surface area contributed by atoms with E-state index in [1.54, 1.807) is 31.2 Å². The molecule has 2 rings (SSSR count). The van der Waals surface area contributed by atoms with Crippen molar-refractivity contribution >= 4 is 5.91 Å². The van der Waals surface area contributed by atoms with Crippen LogP contribution < -0.4 is 5.32 Å². The molecule has 1 heterocycles. The third-order valence-electron chi connectivity index (χ3n) is 3.16. The van der Waals surface area contributed by atoms with Gasteiger partial charge in [-0.2, -0.15) is 0 Å². The maximum Gasteiger partial charge on any atom is 0.251 e. The maximum atomic E-state index is 12.0. The number of hydrogen-bond acceptors (Lipinski definition) is 5. The fourth-order valence-electron chi connectivity index (χ4n) is 2.04. The molecule has 0 fully saturated rings. The standard InChI is InChI=1S/C14H19N5O2/c1-3-8-14(2,21)9-15-13(20)11-4-6-12(7-5-11)19-10-16-17-18-19/h4-7,10,21H,3,8-9H2,1-2H3,(H,15,20). The second-order valence-corrected chi connectivity index (χ2v) is 5.23. The van der Waals surface area contributed by atoms with Gasteiger partial charge >= 0.3 is 0 Å². The van der Waals surface area contributed by atoms with Crippen molar-refractivity contribution in [1.29, 1.82) is 0 Å². The fourth-order valence-corrected chi connectivity index (χ4v) is 2.04. The minimum Gasteiger partial charge on any atom is -0.388 e. The van der Waals surface area contributed by atoms with E-state index in [1.165, 1.54) is 11.0 Å². The second kappa shape index (κ2) is 6.45. The van der Waals surface area contributed by atoms with Crippen molar-refractivity contribution in [2.75, 3.05) is 6.54 Å². The Hall–Kier alpha value is -2.28. The van der Waals surface area contributed by atoms with Gasteiger partial charge in [0.05, 0.1) is 11.3 Å². The van der Waals surface area contributed by atoms with Gasteiger partial charge in [-0.3, -0.25) is 4.79 Å². The van der Waals surface area contributed by atoms with Gasteiger partial charge in [-0.1, -0.05) is 13.3 Å². The molecule has 1 atom stereocenters. The fraction of sp³-hybridized carbons (Fsp3) is 0.429. The van der Waals surface area contributed by atoms with Crippen molar-refractivity contribution in [3.8, 4) is 5.69 Å². The van der Waals surface area contributed by atoms with Crippen LogP contribution in [-0.2, 0) is 0 Å². The maximum absolute atomic E-state index is 12.0. The molecule has 0 aliphatic rings. The summed E-state index contributed by atoms with van der Waals surface area (Å²) in [5.74, 6) is -0.213. The summed E-state index contributed by atoms with van der Waals surface area (Å²) in [5, 5.41) is 23.7. The molecule has 1 amide bonds. The summed E-state index contributed by atoms with van der Waals surface area (Å²) in [7, 11) is 0. The highest BCUT2D eigenvalue weighted by atomic mass is 16.3. The summed E-state index contributed by atoms with van der Waals surface area (Å²) in [4.78, 5) is 12.0. The Labute approximate surface area is 123 Å². The van der Waals surface area contributed by atoms with Gasteiger partial charge in [0.25, 0.3) is 5.91 Å². The van der Waals surface area contributed by atoms with Gasteiger partial charge in [0.15, 0.2) is 0 Å². The van der Waals surface area contributed by atoms with Gasteiger partial charge in [0.2, 0.25) is 0 Å². The van der Waals surface area contributed by atoms with Crippen LogP contribution in [0.3, 0.4) is 0 Å². The number of amides is 1. The van der Waals surface area contributed by atoms with E-state index >= 15 is 0 Å². The molecule has 0 radical (unpaired) electrons. The van der Waals surface area contributed by atoms with Crippen molar-refractivity contribution in [1.82, 2.24) is 25.5 Å². The first-order valence-electron chi connectivity index (χ1n) is 6.86. The predicted octanol–water partition coefficient (Wildman–Crippen LogP) is 0.943. The molecule has 2 N–H and O–H groups in total. The van der Waals surface area contributed by atoms with Crippen molar-refractivity contribution in [2.45, 2.75) is 32.3 Å². The van der Waals surface area contributed by atoms with Crippen LogP contribution in [0.2, 0.25) is 0 Å². The summed E-state index contributed by atoms with van der Waals surface area (Å²) in [6.45, 7) is 3.94. The van der Waals surface area contributed by atoms with Crippen molar-refractivity contribution < 1.29 is 9.90 Å². The van der Waals surface area contributed by atoms with E-state index in [4.69, 9.17) is 0 Å². The van der Waals surface area contributed by atoms with E-state index in [0.29, 0.717) is 12.0 Å². The SMILES string of the molecule is CCCC(C)(O)CNC(=O)c1ccc(-n2cnnn2)cc1. The summed E-state index contributed by atoms with van der Waals surface area (Å²) in [5.41, 5.74) is 0.421. The van der Waals surface area contributed by atoms with Crippen LogP contribution >= 0.6 is 0 Å². The predicted molar refractivity (Wildman–Crippen MR) is 77.0 cm³/mol. The van der Waals surface area contributed by atoms with Crippen molar-refractivity contribution in [2.24, 2.45) is 0 Å². The Morgan fingerprint density at radius 2 is 2.10 bits per heavy atom. The number of carbonyl (C=O) groups excluding carboxylic acids is 1. The molecule has 0 saturated heterocycles. The number of aromatic nitrogens is 4. The molecule has 0 aliphatic carbocycles. The summed E-state index contributed by atoms with van der Waals surface area (Å²) >= 11 is 0. The van der Waals surface area contributed by atoms with Crippen molar-refractivity contribution in [3.05, 3.63) is 36.2 Å². The molecule has 2 aromatic rings. The molecule has 1 aromatic heterocycles. The highest BCUT2D eigenvalue weighted by Crippen LogP contribution is 2.11. The first-order valence-corrected chi connectivity index (χ1v) is 6.86. The van der Waals surface area contributed by atoms with E-state index in [2.05, 4.69) is 20.8 Å². The quantitative estimate of drug-likeness (QED) is 0.825. The van der Waals surface area contributed by atoms with Crippen LogP contribution in [0.5, 0.6) is 0 Å². The molecule has 0 bridgehead atoms. The lowest BCUT2D eigenvalue weighted by Gasteiger charge is -2.22. The zero-order valence-electron chi connectivity index (χ0n) is 12.2. The number of carbonyl (C=O) groups is 1. The van der Waals surface area contributed by atoms with E-state index in [1.807, 2.05) is 6.92 Å². The average Bonchev–Trinajstić information content (AvgIpc) is 2.99. The zero-order chi connectivity index (χ0) is 15.3. The van der Waals surface area contributed by atoms with Crippen LogP contribution in [0.15, 0.2) is 30.6 Å². The van der Waals surface area contributed by atoms with Gasteiger partial charge in [-0.25, -0.2) is 4.68 Å². The minimum absolute atomic E-state index is 0.213. The molecule has 21 heavy (non-hydrogen) atoms. The van der Waals surface area contributed by atoms with E-state index in [-0.39, 0.29) is 12.5 Å². The minimum atomic E-state index is -0.878. The molecule has 112 valence electrons. The second-order valence-electron chi connectivity index (χ2n) is 5.23. The lowest BCUT2D eigenvalue weighted by Crippen LogP contribution is -2.40. The number of aliphatic hydroxyl groups is 1. The first kappa shape index (κ1) is 15.1. The Bertz CT molecular complexity index is 578. The molecule has 7 nitrogen and oxygen atoms in total. The Morgan fingerprint density at radius 3 is 2.67 bits per heavy atom. The molecular weight excluding hydrogens is 270 g/mol. The highest BCUT2D eigenvalue weighted by Gasteiger charge is 2.20. The molecular formula is C14H19N5O2. The Kier molecular flexibility index (Phi) is 4.64. The average molecular weight is 289 g/mol. The van der Waals surface area contributed by atoms with Crippen LogP contribution in [0.25, 0.3) is 5.69 Å². The van der Waals surface area contributed by atoms with Crippen LogP contribution in [0.1, 0.15) is 37.0 Å². The Balaban J connectivity index is 1.97. The van der Waals surface area contributed by atoms with Gasteiger partial charge in [-0.15, -0.1) is 5.10 Å². The molecule has 0 saturated carbocycles. The lowest BCUT2D eigenvalue weighted by molar-refractivity contribution is 0.0469. The number of hydrogen-bond donors (Lipinski definition) is 2. The number of rotatable bonds is 6. The third kappa shape index (κ3) is 4.09. The Morgan fingerprint density at radius 1 is 1.38 bits per heavy atom. The molecule has 7 heteroatoms. The van der Waals surface area contributed by atoms with Gasteiger partial charge in [0, 0.05) is 12.1 Å².